The molecule has 112 valence electrons. The van der Waals surface area contributed by atoms with Crippen molar-refractivity contribution in [2.75, 3.05) is 12.4 Å². The Kier molecular flexibility index (Phi) is 4.73. The van der Waals surface area contributed by atoms with Gasteiger partial charge in [0.25, 0.3) is 0 Å². The van der Waals surface area contributed by atoms with Gasteiger partial charge in [0.1, 0.15) is 10.9 Å². The van der Waals surface area contributed by atoms with Crippen LogP contribution < -0.4 is 15.8 Å². The Bertz CT molecular complexity index is 727. The maximum Gasteiger partial charge on any atom is 0.246 e. The number of nitrogens with two attached hydrogens (primary N) is 1. The van der Waals surface area contributed by atoms with Crippen molar-refractivity contribution >= 4 is 33.0 Å². The minimum absolute atomic E-state index is 0.000713. The molecule has 1 atom stereocenters. The van der Waals surface area contributed by atoms with Crippen LogP contribution in [0.5, 0.6) is 0 Å². The lowest BCUT2D eigenvalue weighted by molar-refractivity contribution is -0.117. The standard InChI is InChI=1S/C13H15N3O3S2/c1-15-21(18,19)11-7-3-2-5-9(11)16-13(17)12(14)10-6-4-8-20-10/h2-8,12,15H,14H2,1H3,(H,16,17). The molecule has 0 radical (unpaired) electrons. The number of thiophene rings is 1. The van der Waals surface area contributed by atoms with E-state index in [1.807, 2.05) is 5.38 Å². The molecule has 0 aliphatic rings. The maximum absolute atomic E-state index is 12.1. The van der Waals surface area contributed by atoms with Gasteiger partial charge in [0.2, 0.25) is 15.9 Å². The lowest BCUT2D eigenvalue weighted by Crippen LogP contribution is -2.28. The highest BCUT2D eigenvalue weighted by molar-refractivity contribution is 7.89. The van der Waals surface area contributed by atoms with Crippen molar-refractivity contribution in [1.29, 1.82) is 0 Å². The second-order valence-corrected chi connectivity index (χ2v) is 7.02. The van der Waals surface area contributed by atoms with Gasteiger partial charge < -0.3 is 11.1 Å². The average Bonchev–Trinajstić information content (AvgIpc) is 3.01. The zero-order valence-electron chi connectivity index (χ0n) is 11.2. The van der Waals surface area contributed by atoms with Crippen LogP contribution in [0.1, 0.15) is 10.9 Å². The summed E-state index contributed by atoms with van der Waals surface area (Å²) in [5.74, 6) is -0.462. The molecular weight excluding hydrogens is 310 g/mol. The topological polar surface area (TPSA) is 101 Å². The van der Waals surface area contributed by atoms with Crippen LogP contribution in [0.3, 0.4) is 0 Å². The quantitative estimate of drug-likeness (QED) is 0.771. The molecule has 1 aromatic heterocycles. The summed E-state index contributed by atoms with van der Waals surface area (Å²) < 4.78 is 26.0. The predicted octanol–water partition coefficient (Wildman–Crippen LogP) is 1.29. The Hall–Kier alpha value is -1.74. The number of anilines is 1. The Labute approximate surface area is 127 Å². The molecule has 1 aromatic carbocycles. The summed E-state index contributed by atoms with van der Waals surface area (Å²) in [6.45, 7) is 0. The van der Waals surface area contributed by atoms with Gasteiger partial charge in [-0.3, -0.25) is 4.79 Å². The molecular formula is C13H15N3O3S2. The van der Waals surface area contributed by atoms with Crippen molar-refractivity contribution in [2.24, 2.45) is 5.73 Å². The first-order chi connectivity index (χ1) is 9.95. The average molecular weight is 325 g/mol. The van der Waals surface area contributed by atoms with Crippen LogP contribution in [-0.4, -0.2) is 21.4 Å². The van der Waals surface area contributed by atoms with E-state index in [0.717, 1.165) is 0 Å². The molecule has 0 bridgehead atoms. The first-order valence-electron chi connectivity index (χ1n) is 6.08. The molecule has 21 heavy (non-hydrogen) atoms. The molecule has 0 spiro atoms. The van der Waals surface area contributed by atoms with E-state index in [2.05, 4.69) is 10.0 Å². The minimum atomic E-state index is -3.66. The van der Waals surface area contributed by atoms with E-state index in [-0.39, 0.29) is 10.6 Å². The summed E-state index contributed by atoms with van der Waals surface area (Å²) in [5, 5.41) is 4.38. The third-order valence-corrected chi connectivity index (χ3v) is 5.26. The molecule has 0 fully saturated rings. The molecule has 0 saturated heterocycles. The van der Waals surface area contributed by atoms with Gasteiger partial charge >= 0.3 is 0 Å². The minimum Gasteiger partial charge on any atom is -0.323 e. The molecule has 0 aliphatic carbocycles. The summed E-state index contributed by atoms with van der Waals surface area (Å²) in [7, 11) is -2.35. The number of sulfonamides is 1. The molecule has 2 rings (SSSR count). The number of rotatable bonds is 5. The van der Waals surface area contributed by atoms with Gasteiger partial charge in [0, 0.05) is 4.88 Å². The zero-order valence-corrected chi connectivity index (χ0v) is 12.9. The molecule has 1 amide bonds. The third kappa shape index (κ3) is 3.48. The Morgan fingerprint density at radius 1 is 1.24 bits per heavy atom. The highest BCUT2D eigenvalue weighted by atomic mass is 32.2. The molecule has 0 aliphatic heterocycles. The second kappa shape index (κ2) is 6.35. The Morgan fingerprint density at radius 3 is 2.57 bits per heavy atom. The molecule has 4 N–H and O–H groups in total. The normalized spacial score (nSPS) is 12.9. The van der Waals surface area contributed by atoms with Crippen molar-refractivity contribution in [2.45, 2.75) is 10.9 Å². The molecule has 6 nitrogen and oxygen atoms in total. The van der Waals surface area contributed by atoms with Crippen molar-refractivity contribution in [3.63, 3.8) is 0 Å². The highest BCUT2D eigenvalue weighted by Gasteiger charge is 2.21. The van der Waals surface area contributed by atoms with Crippen LogP contribution in [0.4, 0.5) is 5.69 Å². The van der Waals surface area contributed by atoms with E-state index in [1.54, 1.807) is 24.3 Å². The predicted molar refractivity (Wildman–Crippen MR) is 82.6 cm³/mol. The van der Waals surface area contributed by atoms with Crippen molar-refractivity contribution in [3.8, 4) is 0 Å². The van der Waals surface area contributed by atoms with Gasteiger partial charge in [-0.2, -0.15) is 0 Å². The largest absolute Gasteiger partial charge is 0.323 e. The molecule has 2 aromatic rings. The van der Waals surface area contributed by atoms with E-state index in [4.69, 9.17) is 5.73 Å². The fraction of sp³-hybridized carbons (Fsp3) is 0.154. The van der Waals surface area contributed by atoms with Crippen molar-refractivity contribution in [1.82, 2.24) is 4.72 Å². The molecule has 1 unspecified atom stereocenters. The van der Waals surface area contributed by atoms with Crippen LogP contribution in [0.15, 0.2) is 46.7 Å². The first-order valence-corrected chi connectivity index (χ1v) is 8.44. The van der Waals surface area contributed by atoms with E-state index in [9.17, 15) is 13.2 Å². The lowest BCUT2D eigenvalue weighted by atomic mass is 10.2. The van der Waals surface area contributed by atoms with Crippen LogP contribution in [0.25, 0.3) is 0 Å². The van der Waals surface area contributed by atoms with Crippen molar-refractivity contribution < 1.29 is 13.2 Å². The number of carbonyl (C=O) groups is 1. The van der Waals surface area contributed by atoms with Crippen LogP contribution >= 0.6 is 11.3 Å². The number of nitrogens with one attached hydrogen (secondary N) is 2. The second-order valence-electron chi connectivity index (χ2n) is 4.19. The summed E-state index contributed by atoms with van der Waals surface area (Å²) in [4.78, 5) is 12.8. The summed E-state index contributed by atoms with van der Waals surface area (Å²) >= 11 is 1.37. The molecule has 1 heterocycles. The van der Waals surface area contributed by atoms with Gasteiger partial charge in [-0.1, -0.05) is 18.2 Å². The Balaban J connectivity index is 2.26. The lowest BCUT2D eigenvalue weighted by Gasteiger charge is -2.14. The van der Waals surface area contributed by atoms with Gasteiger partial charge in [0.05, 0.1) is 5.69 Å². The number of benzene rings is 1. The SMILES string of the molecule is CNS(=O)(=O)c1ccccc1NC(=O)C(N)c1cccs1. The summed E-state index contributed by atoms with van der Waals surface area (Å²) in [5.41, 5.74) is 6.05. The third-order valence-electron chi connectivity index (χ3n) is 2.84. The van der Waals surface area contributed by atoms with Gasteiger partial charge in [-0.25, -0.2) is 13.1 Å². The summed E-state index contributed by atoms with van der Waals surface area (Å²) in [6, 6.07) is 8.87. The molecule has 0 saturated carbocycles. The zero-order chi connectivity index (χ0) is 15.5. The van der Waals surface area contributed by atoms with Gasteiger partial charge in [0.15, 0.2) is 0 Å². The van der Waals surface area contributed by atoms with Crippen LogP contribution in [0, 0.1) is 0 Å². The fourth-order valence-corrected chi connectivity index (χ4v) is 3.33. The molecule has 8 heteroatoms. The number of para-hydroxylation sites is 1. The number of hydrogen-bond acceptors (Lipinski definition) is 5. The summed E-state index contributed by atoms with van der Waals surface area (Å²) in [6.07, 6.45) is 0. The van der Waals surface area contributed by atoms with E-state index in [0.29, 0.717) is 4.88 Å². The highest BCUT2D eigenvalue weighted by Crippen LogP contribution is 2.23. The van der Waals surface area contributed by atoms with Crippen molar-refractivity contribution in [3.05, 3.63) is 46.7 Å². The monoisotopic (exact) mass is 325 g/mol. The number of amides is 1. The van der Waals surface area contributed by atoms with Gasteiger partial charge in [-0.05, 0) is 30.6 Å². The Morgan fingerprint density at radius 2 is 1.95 bits per heavy atom. The van der Waals surface area contributed by atoms with Crippen LogP contribution in [0.2, 0.25) is 0 Å². The fourth-order valence-electron chi connectivity index (χ4n) is 1.72. The number of hydrogen-bond donors (Lipinski definition) is 3. The van der Waals surface area contributed by atoms with E-state index < -0.39 is 22.0 Å². The van der Waals surface area contributed by atoms with Crippen LogP contribution in [-0.2, 0) is 14.8 Å². The first kappa shape index (κ1) is 15.6. The number of carbonyl (C=O) groups excluding carboxylic acids is 1. The smallest absolute Gasteiger partial charge is 0.246 e. The van der Waals surface area contributed by atoms with Gasteiger partial charge in [-0.15, -0.1) is 11.3 Å². The maximum atomic E-state index is 12.1. The van der Waals surface area contributed by atoms with E-state index >= 15 is 0 Å². The van der Waals surface area contributed by atoms with E-state index in [1.165, 1.54) is 30.5 Å².